The van der Waals surface area contributed by atoms with Gasteiger partial charge < -0.3 is 25.4 Å². The van der Waals surface area contributed by atoms with Gasteiger partial charge >= 0.3 is 6.18 Å². The molecule has 5 rings (SSSR count). The first-order valence-electron chi connectivity index (χ1n) is 12.4. The average Bonchev–Trinajstić information content (AvgIpc) is 3.57. The zero-order chi connectivity index (χ0) is 28.5. The van der Waals surface area contributed by atoms with Crippen molar-refractivity contribution in [1.82, 2.24) is 25.4 Å². The molecular weight excluding hydrogens is 549 g/mol. The van der Waals surface area contributed by atoms with Gasteiger partial charge in [-0.3, -0.25) is 4.79 Å². The largest absolute Gasteiger partial charge is 0.491 e. The smallest absolute Gasteiger partial charge is 0.433 e. The van der Waals surface area contributed by atoms with Gasteiger partial charge in [-0.1, -0.05) is 6.07 Å². The van der Waals surface area contributed by atoms with Crippen LogP contribution in [0.5, 0.6) is 5.88 Å². The molecule has 1 aromatic carbocycles. The number of aliphatic hydroxyl groups is 1. The molecule has 0 bridgehead atoms. The van der Waals surface area contributed by atoms with Gasteiger partial charge in [-0.25, -0.2) is 15.0 Å². The number of aromatic nitrogens is 4. The second kappa shape index (κ2) is 10.8. The Morgan fingerprint density at radius 2 is 1.98 bits per heavy atom. The van der Waals surface area contributed by atoms with Crippen molar-refractivity contribution in [2.75, 3.05) is 5.32 Å². The van der Waals surface area contributed by atoms with Gasteiger partial charge in [-0.2, -0.15) is 13.2 Å². The molecule has 1 saturated carbocycles. The number of nitrogens with zero attached hydrogens (tertiary/aromatic N) is 4. The highest BCUT2D eigenvalue weighted by Crippen LogP contribution is 2.43. The van der Waals surface area contributed by atoms with Gasteiger partial charge in [-0.15, -0.1) is 11.3 Å². The third-order valence-corrected chi connectivity index (χ3v) is 7.87. The summed E-state index contributed by atoms with van der Waals surface area (Å²) >= 11 is 1.33. The Hall–Kier alpha value is -4.04. The number of amides is 1. The molecule has 3 heterocycles. The van der Waals surface area contributed by atoms with Gasteiger partial charge in [0.2, 0.25) is 11.9 Å². The van der Waals surface area contributed by atoms with Crippen LogP contribution in [0.3, 0.4) is 0 Å². The molecule has 4 aromatic rings. The summed E-state index contributed by atoms with van der Waals surface area (Å²) < 4.78 is 44.0. The molecule has 1 aliphatic rings. The number of aromatic hydroxyl groups is 1. The zero-order valence-corrected chi connectivity index (χ0v) is 22.0. The lowest BCUT2D eigenvalue weighted by Crippen LogP contribution is -2.38. The van der Waals surface area contributed by atoms with E-state index in [2.05, 4.69) is 30.7 Å². The Morgan fingerprint density at radius 1 is 1.20 bits per heavy atom. The van der Waals surface area contributed by atoms with E-state index in [1.807, 2.05) is 13.0 Å². The van der Waals surface area contributed by atoms with E-state index in [0.717, 1.165) is 28.3 Å². The number of aryl methyl sites for hydroxylation is 1. The molecule has 0 radical (unpaired) electrons. The van der Waals surface area contributed by atoms with Crippen molar-refractivity contribution in [3.05, 3.63) is 64.8 Å². The second-order valence-electron chi connectivity index (χ2n) is 9.68. The van der Waals surface area contributed by atoms with Gasteiger partial charge in [0.25, 0.3) is 5.88 Å². The summed E-state index contributed by atoms with van der Waals surface area (Å²) in [4.78, 5) is 25.3. The molecule has 14 heteroatoms. The normalized spacial score (nSPS) is 19.4. The topological polar surface area (TPSA) is 146 Å². The first-order valence-corrected chi connectivity index (χ1v) is 13.2. The van der Waals surface area contributed by atoms with Crippen molar-refractivity contribution in [2.45, 2.75) is 50.9 Å². The second-order valence-corrected chi connectivity index (χ2v) is 10.7. The third-order valence-electron chi connectivity index (χ3n) is 6.63. The summed E-state index contributed by atoms with van der Waals surface area (Å²) in [5.74, 6) is -0.532. The highest BCUT2D eigenvalue weighted by Gasteiger charge is 2.39. The van der Waals surface area contributed by atoms with E-state index in [4.69, 9.17) is 4.52 Å². The third kappa shape index (κ3) is 6.23. The van der Waals surface area contributed by atoms with Gasteiger partial charge in [0.1, 0.15) is 16.3 Å². The van der Waals surface area contributed by atoms with Crippen molar-refractivity contribution >= 4 is 28.9 Å². The van der Waals surface area contributed by atoms with Crippen LogP contribution in [0.25, 0.3) is 10.4 Å². The van der Waals surface area contributed by atoms with Crippen molar-refractivity contribution in [2.24, 2.45) is 5.92 Å². The monoisotopic (exact) mass is 574 g/mol. The summed E-state index contributed by atoms with van der Waals surface area (Å²) in [6.07, 6.45) is -0.234. The minimum absolute atomic E-state index is 0.107. The number of halogens is 3. The van der Waals surface area contributed by atoms with Crippen LogP contribution in [-0.4, -0.2) is 36.2 Å². The predicted molar refractivity (Wildman–Crippen MR) is 138 cm³/mol. The van der Waals surface area contributed by atoms with E-state index >= 15 is 0 Å². The maximum absolute atomic E-state index is 13.0. The number of carbonyl (C=O) groups is 1. The summed E-state index contributed by atoms with van der Waals surface area (Å²) in [6, 6.07) is 7.57. The van der Waals surface area contributed by atoms with Crippen LogP contribution in [0, 0.1) is 12.8 Å². The van der Waals surface area contributed by atoms with Crippen LogP contribution < -0.4 is 10.6 Å². The fourth-order valence-corrected chi connectivity index (χ4v) is 5.65. The Labute approximate surface area is 230 Å². The van der Waals surface area contributed by atoms with Crippen molar-refractivity contribution in [3.8, 4) is 16.3 Å². The van der Waals surface area contributed by atoms with Crippen LogP contribution in [0.1, 0.15) is 47.7 Å². The highest BCUT2D eigenvalue weighted by atomic mass is 32.1. The summed E-state index contributed by atoms with van der Waals surface area (Å²) in [5, 5.41) is 30.1. The van der Waals surface area contributed by atoms with E-state index in [0.29, 0.717) is 42.1 Å². The predicted octanol–water partition coefficient (Wildman–Crippen LogP) is 5.06. The molecule has 10 nitrogen and oxygen atoms in total. The summed E-state index contributed by atoms with van der Waals surface area (Å²) in [6.45, 7) is 1.96. The van der Waals surface area contributed by atoms with Crippen molar-refractivity contribution in [1.29, 1.82) is 0 Å². The van der Waals surface area contributed by atoms with Crippen molar-refractivity contribution < 1.29 is 32.7 Å². The lowest BCUT2D eigenvalue weighted by atomic mass is 9.78. The fourth-order valence-electron chi connectivity index (χ4n) is 4.60. The van der Waals surface area contributed by atoms with Crippen LogP contribution in [0.15, 0.2) is 47.2 Å². The highest BCUT2D eigenvalue weighted by molar-refractivity contribution is 7.15. The first kappa shape index (κ1) is 27.5. The number of thiazole rings is 1. The lowest BCUT2D eigenvalue weighted by Gasteiger charge is -2.33. The van der Waals surface area contributed by atoms with Crippen LogP contribution in [0.2, 0.25) is 0 Å². The molecule has 0 spiro atoms. The number of rotatable bonds is 7. The number of carbonyl (C=O) groups excluding carboxylic acids is 1. The minimum Gasteiger partial charge on any atom is -0.491 e. The Kier molecular flexibility index (Phi) is 7.47. The number of nitrogens with one attached hydrogen (secondary N) is 2. The Bertz CT molecular complexity index is 1510. The molecule has 3 aromatic heterocycles. The quantitative estimate of drug-likeness (QED) is 0.238. The summed E-state index contributed by atoms with van der Waals surface area (Å²) in [5.41, 5.74) is -0.0793. The fraction of sp³-hybridized carbons (Fsp3) is 0.346. The standard InChI is InChI=1S/C26H25F3N6O4S/c1-14-8-16(10-17(9-14)33-24-30-7-4-20(34-24)26(27,28)29)19-13-32-23(40-19)25(38)5-2-15(3-6-25)22(37)31-12-18-11-21(36)35-39-18/h4,7-11,13,15,38H,2-3,5-6,12H2,1H3,(H,31,37)(H,35,36)(H,30,33,34)/t15-,25-. The van der Waals surface area contributed by atoms with Gasteiger partial charge in [-0.05, 0) is 67.1 Å². The average molecular weight is 575 g/mol. The molecule has 1 fully saturated rings. The molecule has 1 aliphatic carbocycles. The molecule has 0 unspecified atom stereocenters. The summed E-state index contributed by atoms with van der Waals surface area (Å²) in [7, 11) is 0. The molecule has 1 amide bonds. The van der Waals surface area contributed by atoms with Crippen molar-refractivity contribution in [3.63, 3.8) is 0 Å². The van der Waals surface area contributed by atoms with E-state index in [1.54, 1.807) is 18.3 Å². The number of benzene rings is 1. The van der Waals surface area contributed by atoms with E-state index in [-0.39, 0.29) is 30.2 Å². The molecule has 0 saturated heterocycles. The van der Waals surface area contributed by atoms with Gasteiger partial charge in [0.05, 0.1) is 11.4 Å². The van der Waals surface area contributed by atoms with Crippen LogP contribution in [0.4, 0.5) is 24.8 Å². The maximum Gasteiger partial charge on any atom is 0.433 e. The number of hydrogen-bond acceptors (Lipinski definition) is 10. The molecule has 0 aliphatic heterocycles. The Morgan fingerprint density at radius 3 is 2.67 bits per heavy atom. The molecule has 4 N–H and O–H groups in total. The number of hydrogen-bond donors (Lipinski definition) is 4. The van der Waals surface area contributed by atoms with Gasteiger partial charge in [0.15, 0.2) is 5.76 Å². The number of alkyl halides is 3. The minimum atomic E-state index is -4.58. The molecule has 210 valence electrons. The molecule has 0 atom stereocenters. The maximum atomic E-state index is 13.0. The molecular formula is C26H25F3N6O4S. The lowest BCUT2D eigenvalue weighted by molar-refractivity contribution is -0.141. The zero-order valence-electron chi connectivity index (χ0n) is 21.2. The van der Waals surface area contributed by atoms with E-state index < -0.39 is 17.5 Å². The SMILES string of the molecule is Cc1cc(Nc2nccc(C(F)(F)F)n2)cc(-c2cnc([C@]3(O)CC[C@H](C(=O)NCc4cc(O)no4)CC3)s2)c1. The van der Waals surface area contributed by atoms with E-state index in [1.165, 1.54) is 17.4 Å². The molecule has 40 heavy (non-hydrogen) atoms. The number of anilines is 2. The van der Waals surface area contributed by atoms with Crippen LogP contribution in [-0.2, 0) is 23.1 Å². The van der Waals surface area contributed by atoms with E-state index in [9.17, 15) is 28.2 Å². The Balaban J connectivity index is 1.24. The van der Waals surface area contributed by atoms with Gasteiger partial charge in [0, 0.05) is 30.1 Å². The first-order chi connectivity index (χ1) is 19.0. The van der Waals surface area contributed by atoms with Crippen LogP contribution >= 0.6 is 11.3 Å².